The maximum Gasteiger partial charge on any atom is 0.194 e. The fourth-order valence-corrected chi connectivity index (χ4v) is 2.25. The summed E-state index contributed by atoms with van der Waals surface area (Å²) in [5, 5.41) is 3.34. The van der Waals surface area contributed by atoms with Gasteiger partial charge in [-0.05, 0) is 31.5 Å². The topological polar surface area (TPSA) is 40.5 Å². The average molecular weight is 424 g/mol. The Bertz CT molecular complexity index is 613. The average Bonchev–Trinajstić information content (AvgIpc) is 2.52. The lowest BCUT2D eigenvalue weighted by molar-refractivity contribution is 0.476. The molecule has 1 N–H and O–H groups in total. The fraction of sp³-hybridized carbons (Fsp3) is 0.333. The molecular formula is C18H25IN4. The van der Waals surface area contributed by atoms with Crippen molar-refractivity contribution in [2.75, 3.05) is 13.6 Å². The number of hydrogen-bond acceptors (Lipinski definition) is 2. The molecular weight excluding hydrogens is 399 g/mol. The van der Waals surface area contributed by atoms with Gasteiger partial charge in [-0.25, -0.2) is 4.99 Å². The molecule has 4 nitrogen and oxygen atoms in total. The molecule has 5 heteroatoms. The highest BCUT2D eigenvalue weighted by Crippen LogP contribution is 2.04. The van der Waals surface area contributed by atoms with Gasteiger partial charge in [0.05, 0.1) is 12.2 Å². The number of hydrogen-bond donors (Lipinski definition) is 1. The van der Waals surface area contributed by atoms with Crippen LogP contribution in [-0.2, 0) is 13.1 Å². The molecule has 2 aromatic rings. The van der Waals surface area contributed by atoms with Gasteiger partial charge >= 0.3 is 0 Å². The van der Waals surface area contributed by atoms with Crippen molar-refractivity contribution in [2.24, 2.45) is 4.99 Å². The van der Waals surface area contributed by atoms with Crippen LogP contribution in [0.2, 0.25) is 0 Å². The predicted molar refractivity (Wildman–Crippen MR) is 107 cm³/mol. The first-order chi connectivity index (χ1) is 10.7. The Labute approximate surface area is 156 Å². The van der Waals surface area contributed by atoms with Gasteiger partial charge in [0.15, 0.2) is 5.96 Å². The van der Waals surface area contributed by atoms with Crippen LogP contribution in [0.15, 0.2) is 53.5 Å². The summed E-state index contributed by atoms with van der Waals surface area (Å²) in [5.41, 5.74) is 3.28. The minimum atomic E-state index is 0. The monoisotopic (exact) mass is 424 g/mol. The predicted octanol–water partition coefficient (Wildman–Crippen LogP) is 3.61. The van der Waals surface area contributed by atoms with Gasteiger partial charge in [-0.1, -0.05) is 36.4 Å². The van der Waals surface area contributed by atoms with Crippen molar-refractivity contribution in [2.45, 2.75) is 26.9 Å². The normalized spacial score (nSPS) is 10.8. The van der Waals surface area contributed by atoms with Crippen LogP contribution in [-0.4, -0.2) is 29.4 Å². The summed E-state index contributed by atoms with van der Waals surface area (Å²) in [6.07, 6.45) is 0. The standard InChI is InChI=1S/C18H24N4.HI/c1-4-19-18(20-13-17-12-8-9-15(2)21-17)22(3)14-16-10-6-5-7-11-16;/h5-12H,4,13-14H2,1-3H3,(H,19,20);1H. The van der Waals surface area contributed by atoms with Gasteiger partial charge in [-0.15, -0.1) is 24.0 Å². The molecule has 0 saturated carbocycles. The van der Waals surface area contributed by atoms with Crippen molar-refractivity contribution in [1.82, 2.24) is 15.2 Å². The lowest BCUT2D eigenvalue weighted by Gasteiger charge is -2.22. The molecule has 0 aliphatic carbocycles. The quantitative estimate of drug-likeness (QED) is 0.453. The third-order valence-corrected chi connectivity index (χ3v) is 3.30. The van der Waals surface area contributed by atoms with E-state index in [1.807, 2.05) is 31.2 Å². The summed E-state index contributed by atoms with van der Waals surface area (Å²) in [5.74, 6) is 0.898. The van der Waals surface area contributed by atoms with Gasteiger partial charge in [0.1, 0.15) is 0 Å². The molecule has 1 aromatic carbocycles. The second kappa shape index (κ2) is 10.2. The Kier molecular flexibility index (Phi) is 8.61. The van der Waals surface area contributed by atoms with E-state index in [0.717, 1.165) is 30.4 Å². The fourth-order valence-electron chi connectivity index (χ4n) is 2.25. The zero-order valence-corrected chi connectivity index (χ0v) is 16.3. The van der Waals surface area contributed by atoms with Crippen molar-refractivity contribution >= 4 is 29.9 Å². The maximum absolute atomic E-state index is 4.69. The zero-order valence-electron chi connectivity index (χ0n) is 14.0. The van der Waals surface area contributed by atoms with E-state index >= 15 is 0 Å². The highest BCUT2D eigenvalue weighted by atomic mass is 127. The number of nitrogens with one attached hydrogen (secondary N) is 1. The molecule has 0 aliphatic rings. The smallest absolute Gasteiger partial charge is 0.194 e. The number of benzene rings is 1. The summed E-state index contributed by atoms with van der Waals surface area (Å²) in [4.78, 5) is 11.3. The van der Waals surface area contributed by atoms with Crippen molar-refractivity contribution in [1.29, 1.82) is 0 Å². The number of pyridine rings is 1. The Hall–Kier alpha value is -1.63. The number of aromatic nitrogens is 1. The van der Waals surface area contributed by atoms with E-state index in [0.29, 0.717) is 6.54 Å². The van der Waals surface area contributed by atoms with Gasteiger partial charge in [0.25, 0.3) is 0 Å². The minimum absolute atomic E-state index is 0. The lowest BCUT2D eigenvalue weighted by Crippen LogP contribution is -2.38. The summed E-state index contributed by atoms with van der Waals surface area (Å²) in [6, 6.07) is 16.4. The summed E-state index contributed by atoms with van der Waals surface area (Å²) in [7, 11) is 2.05. The van der Waals surface area contributed by atoms with Crippen molar-refractivity contribution in [3.63, 3.8) is 0 Å². The van der Waals surface area contributed by atoms with E-state index in [1.165, 1.54) is 5.56 Å². The van der Waals surface area contributed by atoms with Crippen LogP contribution in [0.25, 0.3) is 0 Å². The summed E-state index contributed by atoms with van der Waals surface area (Å²) >= 11 is 0. The van der Waals surface area contributed by atoms with Crippen molar-refractivity contribution in [3.05, 3.63) is 65.5 Å². The van der Waals surface area contributed by atoms with E-state index in [9.17, 15) is 0 Å². The molecule has 2 rings (SSSR count). The number of halogens is 1. The first kappa shape index (κ1) is 19.4. The van der Waals surface area contributed by atoms with Crippen LogP contribution in [0.3, 0.4) is 0 Å². The van der Waals surface area contributed by atoms with E-state index in [-0.39, 0.29) is 24.0 Å². The Morgan fingerprint density at radius 2 is 1.87 bits per heavy atom. The molecule has 0 amide bonds. The second-order valence-electron chi connectivity index (χ2n) is 5.28. The van der Waals surface area contributed by atoms with E-state index < -0.39 is 0 Å². The Balaban J connectivity index is 0.00000264. The number of aliphatic imine (C=N–C) groups is 1. The molecule has 0 aliphatic heterocycles. The minimum Gasteiger partial charge on any atom is -0.357 e. The van der Waals surface area contributed by atoms with Crippen LogP contribution in [0.4, 0.5) is 0 Å². The first-order valence-corrected chi connectivity index (χ1v) is 7.65. The molecule has 0 spiro atoms. The zero-order chi connectivity index (χ0) is 15.8. The van der Waals surface area contributed by atoms with Gasteiger partial charge in [0, 0.05) is 25.8 Å². The molecule has 0 atom stereocenters. The van der Waals surface area contributed by atoms with E-state index in [1.54, 1.807) is 0 Å². The Morgan fingerprint density at radius 3 is 2.52 bits per heavy atom. The molecule has 1 aromatic heterocycles. The number of nitrogens with zero attached hydrogens (tertiary/aromatic N) is 3. The summed E-state index contributed by atoms with van der Waals surface area (Å²) in [6.45, 7) is 6.34. The SMILES string of the molecule is CCNC(=NCc1cccc(C)n1)N(C)Cc1ccccc1.I. The highest BCUT2D eigenvalue weighted by molar-refractivity contribution is 14.0. The van der Waals surface area contributed by atoms with Crippen LogP contribution in [0, 0.1) is 6.92 Å². The Morgan fingerprint density at radius 1 is 1.13 bits per heavy atom. The molecule has 0 unspecified atom stereocenters. The van der Waals surface area contributed by atoms with Gasteiger partial charge in [0.2, 0.25) is 0 Å². The number of aryl methyl sites for hydroxylation is 1. The third kappa shape index (κ3) is 6.56. The van der Waals surface area contributed by atoms with Gasteiger partial charge in [-0.3, -0.25) is 4.98 Å². The third-order valence-electron chi connectivity index (χ3n) is 3.30. The highest BCUT2D eigenvalue weighted by Gasteiger charge is 2.06. The molecule has 0 fully saturated rings. The molecule has 0 saturated heterocycles. The van der Waals surface area contributed by atoms with Crippen LogP contribution in [0.5, 0.6) is 0 Å². The molecule has 124 valence electrons. The summed E-state index contributed by atoms with van der Waals surface area (Å²) < 4.78 is 0. The van der Waals surface area contributed by atoms with E-state index in [4.69, 9.17) is 0 Å². The van der Waals surface area contributed by atoms with E-state index in [2.05, 4.69) is 58.4 Å². The number of guanidine groups is 1. The van der Waals surface area contributed by atoms with Crippen molar-refractivity contribution < 1.29 is 0 Å². The van der Waals surface area contributed by atoms with Gasteiger partial charge < -0.3 is 10.2 Å². The van der Waals surface area contributed by atoms with Crippen molar-refractivity contribution in [3.8, 4) is 0 Å². The maximum atomic E-state index is 4.69. The molecule has 1 heterocycles. The molecule has 0 radical (unpaired) electrons. The van der Waals surface area contributed by atoms with Gasteiger partial charge in [-0.2, -0.15) is 0 Å². The molecule has 23 heavy (non-hydrogen) atoms. The van der Waals surface area contributed by atoms with Crippen LogP contribution >= 0.6 is 24.0 Å². The van der Waals surface area contributed by atoms with Crippen LogP contribution < -0.4 is 5.32 Å². The second-order valence-corrected chi connectivity index (χ2v) is 5.28. The lowest BCUT2D eigenvalue weighted by atomic mass is 10.2. The number of rotatable bonds is 5. The van der Waals surface area contributed by atoms with Crippen LogP contribution in [0.1, 0.15) is 23.9 Å². The largest absolute Gasteiger partial charge is 0.357 e. The first-order valence-electron chi connectivity index (χ1n) is 7.65. The molecule has 0 bridgehead atoms.